The van der Waals surface area contributed by atoms with Gasteiger partial charge in [0.1, 0.15) is 11.3 Å². The molecule has 0 aliphatic heterocycles. The van der Waals surface area contributed by atoms with Crippen LogP contribution in [0.4, 0.5) is 0 Å². The minimum Gasteiger partial charge on any atom is -0.504 e. The molecule has 1 atom stereocenters. The van der Waals surface area contributed by atoms with Crippen LogP contribution in [0.3, 0.4) is 0 Å². The third-order valence-corrected chi connectivity index (χ3v) is 4.48. The zero-order valence-corrected chi connectivity index (χ0v) is 16.5. The number of aromatic hydroxyl groups is 1. The van der Waals surface area contributed by atoms with Crippen LogP contribution in [0.25, 0.3) is 11.0 Å². The van der Waals surface area contributed by atoms with Crippen LogP contribution in [0.5, 0.6) is 11.5 Å². The van der Waals surface area contributed by atoms with Crippen LogP contribution in [0.2, 0.25) is 0 Å². The first-order valence-electron chi connectivity index (χ1n) is 9.50. The minimum atomic E-state index is -0.0148. The van der Waals surface area contributed by atoms with Gasteiger partial charge in [0.15, 0.2) is 17.5 Å². The lowest BCUT2D eigenvalue weighted by Gasteiger charge is -2.16. The van der Waals surface area contributed by atoms with Crippen molar-refractivity contribution in [2.75, 3.05) is 20.2 Å². The first kappa shape index (κ1) is 19.6. The standard InChI is InChI=1S/C22H27N3O3/c1-4-23-22(24-12-11-16-9-10-18(26)21(13-16)27-3)25-15(2)20-14-17-7-5-6-8-19(17)28-20/h5-10,13-15,26H,4,11-12H2,1-3H3,(H2,23,24,25). The minimum absolute atomic E-state index is 0.0148. The van der Waals surface area contributed by atoms with Gasteiger partial charge in [-0.05, 0) is 50.1 Å². The molecule has 6 heteroatoms. The van der Waals surface area contributed by atoms with Crippen LogP contribution in [0.15, 0.2) is 57.9 Å². The molecule has 0 spiro atoms. The monoisotopic (exact) mass is 381 g/mol. The molecule has 0 bridgehead atoms. The number of methoxy groups -OCH3 is 1. The molecule has 1 heterocycles. The summed E-state index contributed by atoms with van der Waals surface area (Å²) in [7, 11) is 1.55. The number of benzene rings is 2. The summed E-state index contributed by atoms with van der Waals surface area (Å²) in [6.07, 6.45) is 0.742. The summed E-state index contributed by atoms with van der Waals surface area (Å²) < 4.78 is 11.1. The Morgan fingerprint density at radius 3 is 2.79 bits per heavy atom. The van der Waals surface area contributed by atoms with Gasteiger partial charge in [0.05, 0.1) is 13.2 Å². The Hall–Kier alpha value is -3.15. The number of phenolic OH excluding ortho intramolecular Hbond substituents is 1. The van der Waals surface area contributed by atoms with Crippen molar-refractivity contribution in [1.82, 2.24) is 10.6 Å². The number of hydrogen-bond acceptors (Lipinski definition) is 4. The Kier molecular flexibility index (Phi) is 6.42. The second kappa shape index (κ2) is 9.17. The zero-order chi connectivity index (χ0) is 19.9. The third-order valence-electron chi connectivity index (χ3n) is 4.48. The number of ether oxygens (including phenoxy) is 1. The first-order valence-corrected chi connectivity index (χ1v) is 9.50. The van der Waals surface area contributed by atoms with Gasteiger partial charge in [0.2, 0.25) is 0 Å². The molecule has 0 fully saturated rings. The van der Waals surface area contributed by atoms with Crippen LogP contribution in [0.1, 0.15) is 31.2 Å². The second-order valence-electron chi connectivity index (χ2n) is 6.57. The van der Waals surface area contributed by atoms with E-state index < -0.39 is 0 Å². The average molecular weight is 381 g/mol. The largest absolute Gasteiger partial charge is 0.504 e. The van der Waals surface area contributed by atoms with Gasteiger partial charge in [0, 0.05) is 18.5 Å². The number of furan rings is 1. The number of guanidine groups is 1. The quantitative estimate of drug-likeness (QED) is 0.426. The summed E-state index contributed by atoms with van der Waals surface area (Å²) in [5.74, 6) is 2.23. The number of nitrogens with one attached hydrogen (secondary N) is 2. The molecule has 28 heavy (non-hydrogen) atoms. The van der Waals surface area contributed by atoms with Gasteiger partial charge in [-0.1, -0.05) is 24.3 Å². The Morgan fingerprint density at radius 1 is 1.21 bits per heavy atom. The molecule has 3 aromatic rings. The van der Waals surface area contributed by atoms with Gasteiger partial charge in [-0.25, -0.2) is 0 Å². The summed E-state index contributed by atoms with van der Waals surface area (Å²) in [4.78, 5) is 4.66. The summed E-state index contributed by atoms with van der Waals surface area (Å²) in [6, 6.07) is 15.4. The number of nitrogens with zero attached hydrogens (tertiary/aromatic N) is 1. The number of rotatable bonds is 7. The summed E-state index contributed by atoms with van der Waals surface area (Å²) >= 11 is 0. The lowest BCUT2D eigenvalue weighted by molar-refractivity contribution is 0.373. The van der Waals surface area contributed by atoms with Crippen molar-refractivity contribution in [3.8, 4) is 11.5 Å². The number of phenols is 1. The Balaban J connectivity index is 1.64. The number of fused-ring (bicyclic) bond motifs is 1. The number of hydrogen-bond donors (Lipinski definition) is 3. The SMILES string of the molecule is CCNC(=NCCc1ccc(O)c(OC)c1)NC(C)c1cc2ccccc2o1. The van der Waals surface area contributed by atoms with E-state index in [0.717, 1.165) is 41.2 Å². The maximum absolute atomic E-state index is 9.70. The molecule has 0 saturated heterocycles. The van der Waals surface area contributed by atoms with E-state index in [1.165, 1.54) is 0 Å². The lowest BCUT2D eigenvalue weighted by Crippen LogP contribution is -2.38. The highest BCUT2D eigenvalue weighted by Crippen LogP contribution is 2.26. The predicted octanol–water partition coefficient (Wildman–Crippen LogP) is 4.01. The highest BCUT2D eigenvalue weighted by atomic mass is 16.5. The summed E-state index contributed by atoms with van der Waals surface area (Å²) in [6.45, 7) is 5.46. The molecule has 0 saturated carbocycles. The fraction of sp³-hybridized carbons (Fsp3) is 0.318. The first-order chi connectivity index (χ1) is 13.6. The van der Waals surface area contributed by atoms with Crippen molar-refractivity contribution < 1.29 is 14.3 Å². The fourth-order valence-corrected chi connectivity index (χ4v) is 2.99. The van der Waals surface area contributed by atoms with E-state index in [4.69, 9.17) is 9.15 Å². The molecular weight excluding hydrogens is 354 g/mol. The van der Waals surface area contributed by atoms with E-state index in [1.807, 2.05) is 43.3 Å². The zero-order valence-electron chi connectivity index (χ0n) is 16.5. The van der Waals surface area contributed by atoms with Crippen molar-refractivity contribution in [1.29, 1.82) is 0 Å². The van der Waals surface area contributed by atoms with E-state index in [9.17, 15) is 5.11 Å². The molecule has 3 N–H and O–H groups in total. The molecule has 1 aromatic heterocycles. The molecule has 0 aliphatic carbocycles. The van der Waals surface area contributed by atoms with E-state index in [0.29, 0.717) is 12.3 Å². The molecule has 3 rings (SSSR count). The topological polar surface area (TPSA) is 79.0 Å². The molecule has 148 valence electrons. The molecule has 1 unspecified atom stereocenters. The summed E-state index contributed by atoms with van der Waals surface area (Å²) in [5, 5.41) is 17.4. The van der Waals surface area contributed by atoms with E-state index in [1.54, 1.807) is 13.2 Å². The van der Waals surface area contributed by atoms with Gasteiger partial charge >= 0.3 is 0 Å². The van der Waals surface area contributed by atoms with Crippen LogP contribution in [-0.2, 0) is 6.42 Å². The molecule has 6 nitrogen and oxygen atoms in total. The van der Waals surface area contributed by atoms with Gasteiger partial charge < -0.3 is 24.9 Å². The van der Waals surface area contributed by atoms with Gasteiger partial charge in [-0.3, -0.25) is 4.99 Å². The van der Waals surface area contributed by atoms with Crippen molar-refractivity contribution >= 4 is 16.9 Å². The Bertz CT molecular complexity index is 916. The molecule has 0 amide bonds. The number of aliphatic imine (C=N–C) groups is 1. The van der Waals surface area contributed by atoms with Gasteiger partial charge in [-0.2, -0.15) is 0 Å². The highest BCUT2D eigenvalue weighted by Gasteiger charge is 2.13. The predicted molar refractivity (Wildman–Crippen MR) is 112 cm³/mol. The van der Waals surface area contributed by atoms with Crippen LogP contribution in [0, 0.1) is 0 Å². The van der Waals surface area contributed by atoms with E-state index >= 15 is 0 Å². The van der Waals surface area contributed by atoms with Crippen molar-refractivity contribution in [3.63, 3.8) is 0 Å². The maximum atomic E-state index is 9.70. The average Bonchev–Trinajstić information content (AvgIpc) is 3.14. The molecular formula is C22H27N3O3. The Labute approximate surface area is 165 Å². The smallest absolute Gasteiger partial charge is 0.191 e. The second-order valence-corrected chi connectivity index (χ2v) is 6.57. The highest BCUT2D eigenvalue weighted by molar-refractivity contribution is 5.81. The Morgan fingerprint density at radius 2 is 2.04 bits per heavy atom. The van der Waals surface area contributed by atoms with Crippen LogP contribution < -0.4 is 15.4 Å². The normalized spacial score (nSPS) is 12.8. The maximum Gasteiger partial charge on any atom is 0.191 e. The molecule has 2 aromatic carbocycles. The molecule has 0 aliphatic rings. The molecule has 0 radical (unpaired) electrons. The van der Waals surface area contributed by atoms with Crippen LogP contribution in [-0.4, -0.2) is 31.3 Å². The van der Waals surface area contributed by atoms with Gasteiger partial charge in [0.25, 0.3) is 0 Å². The lowest BCUT2D eigenvalue weighted by atomic mass is 10.1. The van der Waals surface area contributed by atoms with Gasteiger partial charge in [-0.15, -0.1) is 0 Å². The van der Waals surface area contributed by atoms with E-state index in [2.05, 4.69) is 28.6 Å². The van der Waals surface area contributed by atoms with Crippen molar-refractivity contribution in [2.24, 2.45) is 4.99 Å². The van der Waals surface area contributed by atoms with Crippen molar-refractivity contribution in [2.45, 2.75) is 26.3 Å². The fourth-order valence-electron chi connectivity index (χ4n) is 2.99. The van der Waals surface area contributed by atoms with Crippen molar-refractivity contribution in [3.05, 3.63) is 59.9 Å². The third kappa shape index (κ3) is 4.76. The van der Waals surface area contributed by atoms with E-state index in [-0.39, 0.29) is 11.8 Å². The van der Waals surface area contributed by atoms with Crippen LogP contribution >= 0.6 is 0 Å². The summed E-state index contributed by atoms with van der Waals surface area (Å²) in [5.41, 5.74) is 1.94. The number of para-hydroxylation sites is 1.